The average molecular weight is 518 g/mol. The van der Waals surface area contributed by atoms with Gasteiger partial charge in [0.15, 0.2) is 34.5 Å². The third kappa shape index (κ3) is 4.96. The molecule has 0 bridgehead atoms. The van der Waals surface area contributed by atoms with Gasteiger partial charge >= 0.3 is 0 Å². The first kappa shape index (κ1) is 25.7. The summed E-state index contributed by atoms with van der Waals surface area (Å²) in [7, 11) is 0. The number of rotatable bonds is 7. The molecule has 4 aromatic rings. The van der Waals surface area contributed by atoms with Crippen LogP contribution in [0.5, 0.6) is 46.0 Å². The molecule has 0 radical (unpaired) electrons. The molecule has 194 valence electrons. The molecule has 0 heterocycles. The Morgan fingerprint density at radius 3 is 1.61 bits per heavy atom. The quantitative estimate of drug-likeness (QED) is 0.101. The molecule has 0 aliphatic carbocycles. The molecule has 0 saturated heterocycles. The number of phenols is 8. The van der Waals surface area contributed by atoms with Crippen LogP contribution in [-0.4, -0.2) is 52.4 Å². The van der Waals surface area contributed by atoms with Gasteiger partial charge in [0.1, 0.15) is 11.5 Å². The SMILES string of the molecule is O=C(C(=O)c1ccc(O)cc1-c1cc(O)ccc1CCc1cc(O)c(O)c(O)c1)c1cc(O)c(O)c(O)c1. The zero-order valence-electron chi connectivity index (χ0n) is 19.6. The fourth-order valence-corrected chi connectivity index (χ4v) is 4.06. The zero-order chi connectivity index (χ0) is 27.7. The molecule has 0 spiro atoms. The molecular weight excluding hydrogens is 496 g/mol. The van der Waals surface area contributed by atoms with Gasteiger partial charge in [0.2, 0.25) is 11.6 Å². The minimum Gasteiger partial charge on any atom is -0.508 e. The predicted molar refractivity (Wildman–Crippen MR) is 134 cm³/mol. The topological polar surface area (TPSA) is 196 Å². The number of aromatic hydroxyl groups is 8. The molecule has 0 amide bonds. The van der Waals surface area contributed by atoms with E-state index in [2.05, 4.69) is 0 Å². The molecule has 8 N–H and O–H groups in total. The van der Waals surface area contributed by atoms with Crippen molar-refractivity contribution in [1.82, 2.24) is 0 Å². The maximum absolute atomic E-state index is 13.2. The first-order valence-electron chi connectivity index (χ1n) is 11.2. The van der Waals surface area contributed by atoms with E-state index in [1.54, 1.807) is 6.07 Å². The highest BCUT2D eigenvalue weighted by Crippen LogP contribution is 2.38. The second kappa shape index (κ2) is 9.94. The lowest BCUT2D eigenvalue weighted by molar-refractivity contribution is 0.0817. The number of hydrogen-bond acceptors (Lipinski definition) is 10. The summed E-state index contributed by atoms with van der Waals surface area (Å²) in [6.07, 6.45) is 0.516. The van der Waals surface area contributed by atoms with Crippen molar-refractivity contribution in [2.75, 3.05) is 0 Å². The summed E-state index contributed by atoms with van der Waals surface area (Å²) in [5.74, 6) is -6.65. The molecule has 10 heteroatoms. The number of hydrogen-bond donors (Lipinski definition) is 8. The van der Waals surface area contributed by atoms with E-state index in [0.717, 1.165) is 12.1 Å². The fourth-order valence-electron chi connectivity index (χ4n) is 4.06. The van der Waals surface area contributed by atoms with Crippen LogP contribution >= 0.6 is 0 Å². The number of benzene rings is 4. The van der Waals surface area contributed by atoms with Crippen LogP contribution in [0.15, 0.2) is 60.7 Å². The first-order valence-corrected chi connectivity index (χ1v) is 11.2. The number of phenolic OH excluding ortho intramolecular Hbond substituents is 8. The summed E-state index contributed by atoms with van der Waals surface area (Å²) in [5, 5.41) is 78.5. The smallest absolute Gasteiger partial charge is 0.234 e. The molecule has 0 aromatic heterocycles. The highest BCUT2D eigenvalue weighted by Gasteiger charge is 2.25. The predicted octanol–water partition coefficient (Wildman–Crippen LogP) is 3.85. The van der Waals surface area contributed by atoms with Crippen LogP contribution in [0.2, 0.25) is 0 Å². The van der Waals surface area contributed by atoms with Crippen molar-refractivity contribution in [1.29, 1.82) is 0 Å². The van der Waals surface area contributed by atoms with E-state index in [-0.39, 0.29) is 41.0 Å². The van der Waals surface area contributed by atoms with Crippen LogP contribution in [0.25, 0.3) is 11.1 Å². The van der Waals surface area contributed by atoms with Crippen LogP contribution < -0.4 is 0 Å². The van der Waals surface area contributed by atoms with E-state index in [1.165, 1.54) is 42.5 Å². The maximum Gasteiger partial charge on any atom is 0.234 e. The van der Waals surface area contributed by atoms with Crippen molar-refractivity contribution in [3.8, 4) is 57.1 Å². The zero-order valence-corrected chi connectivity index (χ0v) is 19.6. The van der Waals surface area contributed by atoms with Gasteiger partial charge in [0.25, 0.3) is 0 Å². The Bertz CT molecular complexity index is 1540. The van der Waals surface area contributed by atoms with Crippen LogP contribution in [0.1, 0.15) is 31.8 Å². The number of carbonyl (C=O) groups excluding carboxylic acids is 2. The number of carbonyl (C=O) groups is 2. The van der Waals surface area contributed by atoms with Gasteiger partial charge in [-0.05, 0) is 89.7 Å². The third-order valence-corrected chi connectivity index (χ3v) is 5.98. The summed E-state index contributed by atoms with van der Waals surface area (Å²) in [5.41, 5.74) is 0.933. The highest BCUT2D eigenvalue weighted by atomic mass is 16.3. The van der Waals surface area contributed by atoms with E-state index >= 15 is 0 Å². The summed E-state index contributed by atoms with van der Waals surface area (Å²) in [6.45, 7) is 0. The van der Waals surface area contributed by atoms with Crippen molar-refractivity contribution in [3.63, 3.8) is 0 Å². The summed E-state index contributed by atoms with van der Waals surface area (Å²) in [4.78, 5) is 26.2. The molecule has 4 rings (SSSR count). The van der Waals surface area contributed by atoms with E-state index in [1.807, 2.05) is 0 Å². The van der Waals surface area contributed by atoms with Gasteiger partial charge in [-0.2, -0.15) is 0 Å². The van der Waals surface area contributed by atoms with E-state index in [9.17, 15) is 50.4 Å². The van der Waals surface area contributed by atoms with Gasteiger partial charge < -0.3 is 40.9 Å². The average Bonchev–Trinajstić information content (AvgIpc) is 2.88. The lowest BCUT2D eigenvalue weighted by Crippen LogP contribution is -2.15. The van der Waals surface area contributed by atoms with Gasteiger partial charge in [-0.1, -0.05) is 6.07 Å². The molecule has 0 unspecified atom stereocenters. The maximum atomic E-state index is 13.2. The molecule has 38 heavy (non-hydrogen) atoms. The van der Waals surface area contributed by atoms with Gasteiger partial charge in [-0.3, -0.25) is 9.59 Å². The summed E-state index contributed by atoms with van der Waals surface area (Å²) < 4.78 is 0. The number of aryl methyl sites for hydroxylation is 2. The Morgan fingerprint density at radius 1 is 0.526 bits per heavy atom. The standard InChI is InChI=1S/C28H22O10/c29-16-4-3-14(2-1-13-7-21(31)27(37)22(32)8-13)19(11-16)20-12-17(30)5-6-18(20)26(36)25(35)15-9-23(33)28(38)24(34)10-15/h3-12,29-34,37-38H,1-2H2. The molecule has 0 saturated carbocycles. The van der Waals surface area contributed by atoms with Crippen molar-refractivity contribution in [2.45, 2.75) is 12.8 Å². The van der Waals surface area contributed by atoms with E-state index in [0.29, 0.717) is 16.7 Å². The first-order chi connectivity index (χ1) is 18.0. The second-order valence-electron chi connectivity index (χ2n) is 8.58. The lowest BCUT2D eigenvalue weighted by Gasteiger charge is -2.15. The number of ketones is 2. The van der Waals surface area contributed by atoms with Crippen molar-refractivity contribution < 1.29 is 50.4 Å². The summed E-state index contributed by atoms with van der Waals surface area (Å²) in [6, 6.07) is 12.2. The normalized spacial score (nSPS) is 10.8. The van der Waals surface area contributed by atoms with Gasteiger partial charge in [0, 0.05) is 11.1 Å². The monoisotopic (exact) mass is 518 g/mol. The van der Waals surface area contributed by atoms with Crippen LogP contribution in [0, 0.1) is 0 Å². The lowest BCUT2D eigenvalue weighted by atomic mass is 9.89. The van der Waals surface area contributed by atoms with Crippen molar-refractivity contribution >= 4 is 11.6 Å². The van der Waals surface area contributed by atoms with Crippen LogP contribution in [0.3, 0.4) is 0 Å². The van der Waals surface area contributed by atoms with Gasteiger partial charge in [-0.25, -0.2) is 0 Å². The van der Waals surface area contributed by atoms with Crippen molar-refractivity contribution in [3.05, 3.63) is 82.9 Å². The molecule has 0 fully saturated rings. The Balaban J connectivity index is 1.75. The van der Waals surface area contributed by atoms with E-state index < -0.39 is 46.1 Å². The Morgan fingerprint density at radius 2 is 1.03 bits per heavy atom. The van der Waals surface area contributed by atoms with Gasteiger partial charge in [-0.15, -0.1) is 0 Å². The van der Waals surface area contributed by atoms with Crippen LogP contribution in [-0.2, 0) is 12.8 Å². The van der Waals surface area contributed by atoms with Crippen LogP contribution in [0.4, 0.5) is 0 Å². The highest BCUT2D eigenvalue weighted by molar-refractivity contribution is 6.50. The van der Waals surface area contributed by atoms with Gasteiger partial charge in [0.05, 0.1) is 0 Å². The molecule has 4 aromatic carbocycles. The third-order valence-electron chi connectivity index (χ3n) is 5.98. The summed E-state index contributed by atoms with van der Waals surface area (Å²) >= 11 is 0. The fraction of sp³-hybridized carbons (Fsp3) is 0.0714. The molecule has 10 nitrogen and oxygen atoms in total. The minimum atomic E-state index is -1.11. The molecular formula is C28H22O10. The molecule has 0 atom stereocenters. The second-order valence-corrected chi connectivity index (χ2v) is 8.58. The Labute approximate surface area is 215 Å². The Hall–Kier alpha value is -5.38. The largest absolute Gasteiger partial charge is 0.508 e. The number of Topliss-reactive ketones (excluding diaryl/α,β-unsaturated/α-hetero) is 2. The van der Waals surface area contributed by atoms with E-state index in [4.69, 9.17) is 0 Å². The Kier molecular flexibility index (Phi) is 6.72. The molecule has 0 aliphatic heterocycles. The molecule has 0 aliphatic rings. The van der Waals surface area contributed by atoms with Crippen molar-refractivity contribution in [2.24, 2.45) is 0 Å². The minimum absolute atomic E-state index is 0.109.